The van der Waals surface area contributed by atoms with E-state index in [4.69, 9.17) is 18.8 Å². The Morgan fingerprint density at radius 3 is 1.64 bits per heavy atom. The van der Waals surface area contributed by atoms with Gasteiger partial charge in [-0.15, -0.1) is 0 Å². The van der Waals surface area contributed by atoms with Crippen molar-refractivity contribution in [3.63, 3.8) is 0 Å². The van der Waals surface area contributed by atoms with Crippen LogP contribution in [0.25, 0.3) is 0 Å². The van der Waals surface area contributed by atoms with Crippen LogP contribution in [0.15, 0.2) is 12.3 Å². The molecule has 0 amide bonds. The highest BCUT2D eigenvalue weighted by Gasteiger charge is 2.31. The van der Waals surface area contributed by atoms with E-state index in [2.05, 4.69) is 4.72 Å². The van der Waals surface area contributed by atoms with Gasteiger partial charge in [0.15, 0.2) is 0 Å². The Kier molecular flexibility index (Phi) is 19.5. The Bertz CT molecular complexity index is 376. The van der Waals surface area contributed by atoms with Crippen molar-refractivity contribution in [2.75, 3.05) is 19.8 Å². The fourth-order valence-corrected chi connectivity index (χ4v) is 3.42. The molecule has 0 heterocycles. The summed E-state index contributed by atoms with van der Waals surface area (Å²) in [6.07, 6.45) is 17.5. The maximum absolute atomic E-state index is 10.4. The van der Waals surface area contributed by atoms with Gasteiger partial charge in [0, 0.05) is 32.4 Å². The van der Waals surface area contributed by atoms with Crippen molar-refractivity contribution in [3.05, 3.63) is 12.3 Å². The lowest BCUT2D eigenvalue weighted by Crippen LogP contribution is -2.39. The van der Waals surface area contributed by atoms with Crippen molar-refractivity contribution in [2.24, 2.45) is 0 Å². The first kappa shape index (κ1) is 27.5. The Balaban J connectivity index is 3.55. The van der Waals surface area contributed by atoms with E-state index in [0.29, 0.717) is 19.8 Å². The maximum Gasteiger partial charge on any atom is 0.282 e. The summed E-state index contributed by atoms with van der Waals surface area (Å²) in [5.74, 6) is -0.849. The monoisotopic (exact) mass is 421 g/mol. The molecule has 168 valence electrons. The van der Waals surface area contributed by atoms with Gasteiger partial charge in [-0.1, -0.05) is 57.4 Å². The van der Waals surface area contributed by atoms with E-state index in [0.717, 1.165) is 25.7 Å². The first-order valence-electron chi connectivity index (χ1n) is 11.0. The zero-order valence-electron chi connectivity index (χ0n) is 18.2. The largest absolute Gasteiger partial charge is 0.328 e. The van der Waals surface area contributed by atoms with E-state index in [9.17, 15) is 4.21 Å². The van der Waals surface area contributed by atoms with Crippen LogP contribution in [-0.4, -0.2) is 34.6 Å². The highest BCUT2D eigenvalue weighted by molar-refractivity contribution is 7.77. The zero-order chi connectivity index (χ0) is 20.9. The second-order valence-electron chi connectivity index (χ2n) is 6.83. The number of hydrogen-bond acceptors (Lipinski definition) is 4. The van der Waals surface area contributed by atoms with E-state index in [1.54, 1.807) is 6.20 Å². The predicted molar refractivity (Wildman–Crippen MR) is 116 cm³/mol. The van der Waals surface area contributed by atoms with Gasteiger partial charge < -0.3 is 14.2 Å². The van der Waals surface area contributed by atoms with Gasteiger partial charge in [-0.2, -0.15) is 0 Å². The number of ether oxygens (including phenoxy) is 3. The molecule has 0 bridgehead atoms. The molecular formula is C21H43NO5S. The molecule has 0 spiro atoms. The summed E-state index contributed by atoms with van der Waals surface area (Å²) in [4.78, 5) is 0. The van der Waals surface area contributed by atoms with Gasteiger partial charge >= 0.3 is 0 Å². The average molecular weight is 422 g/mol. The highest BCUT2D eigenvalue weighted by Crippen LogP contribution is 2.24. The first-order chi connectivity index (χ1) is 13.6. The fourth-order valence-electron chi connectivity index (χ4n) is 3.21. The van der Waals surface area contributed by atoms with Crippen LogP contribution in [0.1, 0.15) is 97.8 Å². The number of unbranched alkanes of at least 4 members (excludes halogenated alkanes) is 10. The lowest BCUT2D eigenvalue weighted by atomic mass is 10.0. The van der Waals surface area contributed by atoms with Crippen molar-refractivity contribution in [1.29, 1.82) is 0 Å². The molecule has 28 heavy (non-hydrogen) atoms. The molecule has 6 nitrogen and oxygen atoms in total. The molecular weight excluding hydrogens is 378 g/mol. The molecule has 0 rings (SSSR count). The lowest BCUT2D eigenvalue weighted by Gasteiger charge is -2.32. The Hall–Kier alpha value is -0.470. The minimum absolute atomic E-state index is 0.594. The Labute approximate surface area is 175 Å². The van der Waals surface area contributed by atoms with Crippen LogP contribution in [-0.2, 0) is 25.5 Å². The van der Waals surface area contributed by atoms with E-state index >= 15 is 0 Å². The number of allylic oxidation sites excluding steroid dienone is 1. The minimum atomic E-state index is -1.95. The fraction of sp³-hybridized carbons (Fsp3) is 0.905. The second-order valence-corrected chi connectivity index (χ2v) is 7.56. The molecule has 1 unspecified atom stereocenters. The zero-order valence-corrected chi connectivity index (χ0v) is 19.1. The third-order valence-electron chi connectivity index (χ3n) is 4.48. The number of rotatable bonds is 21. The summed E-state index contributed by atoms with van der Waals surface area (Å²) in [6.45, 7) is 7.70. The summed E-state index contributed by atoms with van der Waals surface area (Å²) < 4.78 is 38.5. The summed E-state index contributed by atoms with van der Waals surface area (Å²) in [7, 11) is 0. The molecule has 0 aromatic rings. The smallest absolute Gasteiger partial charge is 0.282 e. The van der Waals surface area contributed by atoms with Crippen LogP contribution >= 0.6 is 0 Å². The van der Waals surface area contributed by atoms with Crippen LogP contribution in [0.5, 0.6) is 0 Å². The lowest BCUT2D eigenvalue weighted by molar-refractivity contribution is -0.380. The quantitative estimate of drug-likeness (QED) is 0.142. The van der Waals surface area contributed by atoms with E-state index in [1.165, 1.54) is 51.4 Å². The summed E-state index contributed by atoms with van der Waals surface area (Å²) >= 11 is -1.95. The van der Waals surface area contributed by atoms with Crippen LogP contribution in [0.4, 0.5) is 0 Å². The van der Waals surface area contributed by atoms with E-state index in [1.807, 2.05) is 26.8 Å². The SMILES string of the molecule is CCOC(CCCCCCCCCCCCC=CNS(=O)O)(OCC)OCC. The third-order valence-corrected chi connectivity index (χ3v) is 4.82. The van der Waals surface area contributed by atoms with Crippen LogP contribution in [0, 0.1) is 0 Å². The van der Waals surface area contributed by atoms with Gasteiger partial charge in [0.1, 0.15) is 0 Å². The summed E-state index contributed by atoms with van der Waals surface area (Å²) in [5, 5.41) is 0. The standard InChI is InChI=1S/C21H43NO5S/c1-4-25-21(26-5-2,27-6-3)19-17-15-13-11-9-7-8-10-12-14-16-18-20-22-28(23)24/h18,20,22H,4-17,19H2,1-3H3,(H,23,24). The van der Waals surface area contributed by atoms with Crippen molar-refractivity contribution in [3.8, 4) is 0 Å². The average Bonchev–Trinajstić information content (AvgIpc) is 2.65. The summed E-state index contributed by atoms with van der Waals surface area (Å²) in [6, 6.07) is 0. The molecule has 1 atom stereocenters. The topological polar surface area (TPSA) is 77.0 Å². The molecule has 0 aliphatic rings. The number of hydrogen-bond donors (Lipinski definition) is 2. The van der Waals surface area contributed by atoms with Gasteiger partial charge in [-0.25, -0.2) is 4.21 Å². The highest BCUT2D eigenvalue weighted by atomic mass is 32.2. The number of nitrogens with one attached hydrogen (secondary N) is 1. The maximum atomic E-state index is 10.4. The van der Waals surface area contributed by atoms with Crippen LogP contribution in [0.3, 0.4) is 0 Å². The van der Waals surface area contributed by atoms with E-state index in [-0.39, 0.29) is 0 Å². The van der Waals surface area contributed by atoms with Gasteiger partial charge in [0.25, 0.3) is 17.2 Å². The second kappa shape index (κ2) is 19.8. The van der Waals surface area contributed by atoms with E-state index < -0.39 is 17.2 Å². The van der Waals surface area contributed by atoms with Crippen molar-refractivity contribution in [1.82, 2.24) is 4.72 Å². The van der Waals surface area contributed by atoms with Gasteiger partial charge in [-0.05, 0) is 40.0 Å². The van der Waals surface area contributed by atoms with Gasteiger partial charge in [0.2, 0.25) is 0 Å². The molecule has 0 radical (unpaired) electrons. The van der Waals surface area contributed by atoms with Crippen LogP contribution in [0.2, 0.25) is 0 Å². The first-order valence-corrected chi connectivity index (χ1v) is 12.1. The van der Waals surface area contributed by atoms with Crippen molar-refractivity contribution in [2.45, 2.75) is 104 Å². The summed E-state index contributed by atoms with van der Waals surface area (Å²) in [5.41, 5.74) is 0. The van der Waals surface area contributed by atoms with Gasteiger partial charge in [-0.3, -0.25) is 9.27 Å². The molecule has 0 aliphatic carbocycles. The van der Waals surface area contributed by atoms with Crippen molar-refractivity contribution >= 4 is 11.3 Å². The molecule has 0 aromatic carbocycles. The Morgan fingerprint density at radius 1 is 0.786 bits per heavy atom. The molecule has 0 aliphatic heterocycles. The Morgan fingerprint density at radius 2 is 1.21 bits per heavy atom. The molecule has 7 heteroatoms. The molecule has 0 fully saturated rings. The molecule has 0 saturated heterocycles. The van der Waals surface area contributed by atoms with Crippen molar-refractivity contribution < 1.29 is 23.0 Å². The minimum Gasteiger partial charge on any atom is -0.328 e. The normalized spacial score (nSPS) is 13.3. The van der Waals surface area contributed by atoms with Crippen LogP contribution < -0.4 is 4.72 Å². The molecule has 2 N–H and O–H groups in total. The molecule has 0 saturated carbocycles. The molecule has 0 aromatic heterocycles. The van der Waals surface area contributed by atoms with Gasteiger partial charge in [0.05, 0.1) is 0 Å². The third kappa shape index (κ3) is 16.5. The predicted octanol–water partition coefficient (Wildman–Crippen LogP) is 5.67.